The Balaban J connectivity index is 2.63. The highest BCUT2D eigenvalue weighted by Crippen LogP contribution is 2.19. The molecule has 66 valence electrons. The summed E-state index contributed by atoms with van der Waals surface area (Å²) in [4.78, 5) is 0. The van der Waals surface area contributed by atoms with E-state index in [0.717, 1.165) is 0 Å². The second kappa shape index (κ2) is 3.02. The molecule has 1 fully saturated rings. The smallest absolute Gasteiger partial charge is 0.188 e. The molecule has 5 heteroatoms. The van der Waals surface area contributed by atoms with E-state index in [1.807, 2.05) is 0 Å². The van der Waals surface area contributed by atoms with Crippen molar-refractivity contribution < 1.29 is 19.3 Å². The van der Waals surface area contributed by atoms with E-state index in [4.69, 9.17) is 15.9 Å². The highest BCUT2D eigenvalue weighted by Gasteiger charge is 2.40. The average molecular weight is 165 g/mol. The van der Waals surface area contributed by atoms with E-state index in [9.17, 15) is 4.39 Å². The molecule has 11 heavy (non-hydrogen) atoms. The summed E-state index contributed by atoms with van der Waals surface area (Å²) in [6, 6.07) is -1.06. The molecule has 5 atom stereocenters. The van der Waals surface area contributed by atoms with Gasteiger partial charge in [0, 0.05) is 0 Å². The first-order valence-corrected chi connectivity index (χ1v) is 3.45. The van der Waals surface area contributed by atoms with Crippen LogP contribution in [0.5, 0.6) is 0 Å². The normalized spacial score (nSPS) is 52.6. The summed E-state index contributed by atoms with van der Waals surface area (Å²) in [6.45, 7) is 1.53. The van der Waals surface area contributed by atoms with E-state index in [1.54, 1.807) is 0 Å². The third-order valence-electron chi connectivity index (χ3n) is 1.87. The number of nitrogens with two attached hydrogens (primary N) is 1. The zero-order valence-corrected chi connectivity index (χ0v) is 6.14. The SMILES string of the molecule is C[C@@H]1OC(O)[C@H](F)[C@H](N)[C@@H]1O. The van der Waals surface area contributed by atoms with Crippen molar-refractivity contribution >= 4 is 0 Å². The van der Waals surface area contributed by atoms with Crippen LogP contribution < -0.4 is 5.73 Å². The Morgan fingerprint density at radius 3 is 2.55 bits per heavy atom. The Morgan fingerprint density at radius 1 is 1.45 bits per heavy atom. The molecule has 0 aromatic rings. The van der Waals surface area contributed by atoms with Crippen LogP contribution in [0.1, 0.15) is 6.92 Å². The van der Waals surface area contributed by atoms with Gasteiger partial charge in [-0.1, -0.05) is 0 Å². The number of hydrogen-bond acceptors (Lipinski definition) is 4. The highest BCUT2D eigenvalue weighted by atomic mass is 19.1. The lowest BCUT2D eigenvalue weighted by atomic mass is 9.99. The molecular weight excluding hydrogens is 153 g/mol. The Hall–Kier alpha value is -0.230. The molecule has 1 rings (SSSR count). The fraction of sp³-hybridized carbons (Fsp3) is 1.00. The lowest BCUT2D eigenvalue weighted by molar-refractivity contribution is -0.231. The number of alkyl halides is 1. The van der Waals surface area contributed by atoms with Crippen molar-refractivity contribution in [3.8, 4) is 0 Å². The fourth-order valence-corrected chi connectivity index (χ4v) is 1.07. The minimum Gasteiger partial charge on any atom is -0.389 e. The number of hydrogen-bond donors (Lipinski definition) is 3. The van der Waals surface area contributed by atoms with Crippen molar-refractivity contribution in [2.24, 2.45) is 5.73 Å². The van der Waals surface area contributed by atoms with Gasteiger partial charge in [-0.2, -0.15) is 0 Å². The zero-order chi connectivity index (χ0) is 8.59. The van der Waals surface area contributed by atoms with Crippen LogP contribution in [0.25, 0.3) is 0 Å². The van der Waals surface area contributed by atoms with Crippen LogP contribution in [0.4, 0.5) is 4.39 Å². The second-order valence-corrected chi connectivity index (χ2v) is 2.74. The van der Waals surface area contributed by atoms with Crippen LogP contribution in [-0.2, 0) is 4.74 Å². The van der Waals surface area contributed by atoms with Crippen molar-refractivity contribution in [2.75, 3.05) is 0 Å². The Bertz CT molecular complexity index is 132. The summed E-state index contributed by atoms with van der Waals surface area (Å²) in [6.07, 6.45) is -4.88. The molecule has 1 aliphatic heterocycles. The molecule has 0 saturated carbocycles. The van der Waals surface area contributed by atoms with Crippen LogP contribution in [0.2, 0.25) is 0 Å². The lowest BCUT2D eigenvalue weighted by Crippen LogP contribution is -2.58. The van der Waals surface area contributed by atoms with Crippen LogP contribution in [-0.4, -0.2) is 40.9 Å². The minimum absolute atomic E-state index is 0.619. The van der Waals surface area contributed by atoms with Gasteiger partial charge < -0.3 is 20.7 Å². The number of ether oxygens (including phenoxy) is 1. The van der Waals surface area contributed by atoms with Crippen molar-refractivity contribution in [1.82, 2.24) is 0 Å². The van der Waals surface area contributed by atoms with Gasteiger partial charge in [-0.3, -0.25) is 0 Å². The first-order valence-electron chi connectivity index (χ1n) is 3.45. The Labute approximate surface area is 63.8 Å². The molecule has 4 N–H and O–H groups in total. The maximum atomic E-state index is 12.7. The summed E-state index contributed by atoms with van der Waals surface area (Å²) in [7, 11) is 0. The van der Waals surface area contributed by atoms with E-state index in [2.05, 4.69) is 4.74 Å². The summed E-state index contributed by atoms with van der Waals surface area (Å²) in [5.74, 6) is 0. The highest BCUT2D eigenvalue weighted by molar-refractivity contribution is 4.89. The molecule has 0 aliphatic carbocycles. The first-order chi connectivity index (χ1) is 5.04. The predicted octanol–water partition coefficient (Wildman–Crippen LogP) is -1.25. The van der Waals surface area contributed by atoms with Crippen molar-refractivity contribution in [1.29, 1.82) is 0 Å². The maximum Gasteiger partial charge on any atom is 0.188 e. The molecule has 1 heterocycles. The quantitative estimate of drug-likeness (QED) is 0.419. The van der Waals surface area contributed by atoms with E-state index in [0.29, 0.717) is 0 Å². The topological polar surface area (TPSA) is 75.7 Å². The average Bonchev–Trinajstić information content (AvgIpc) is 1.97. The largest absolute Gasteiger partial charge is 0.389 e. The molecule has 1 aliphatic rings. The summed E-state index contributed by atoms with van der Waals surface area (Å²) < 4.78 is 17.4. The molecule has 0 aromatic heterocycles. The number of rotatable bonds is 0. The molecular formula is C6H12FNO3. The van der Waals surface area contributed by atoms with Crippen LogP contribution >= 0.6 is 0 Å². The van der Waals surface area contributed by atoms with Gasteiger partial charge in [-0.05, 0) is 6.92 Å². The molecule has 1 saturated heterocycles. The fourth-order valence-electron chi connectivity index (χ4n) is 1.07. The van der Waals surface area contributed by atoms with Gasteiger partial charge in [-0.25, -0.2) is 4.39 Å². The van der Waals surface area contributed by atoms with Crippen molar-refractivity contribution in [3.63, 3.8) is 0 Å². The summed E-state index contributed by atoms with van der Waals surface area (Å²) in [5, 5.41) is 18.0. The third-order valence-corrected chi connectivity index (χ3v) is 1.87. The first kappa shape index (κ1) is 8.86. The molecule has 4 nitrogen and oxygen atoms in total. The minimum atomic E-state index is -1.71. The Morgan fingerprint density at radius 2 is 2.00 bits per heavy atom. The molecule has 0 radical (unpaired) electrons. The zero-order valence-electron chi connectivity index (χ0n) is 6.14. The van der Waals surface area contributed by atoms with Crippen LogP contribution in [0, 0.1) is 0 Å². The van der Waals surface area contributed by atoms with Gasteiger partial charge in [0.05, 0.1) is 18.2 Å². The Kier molecular flexibility index (Phi) is 2.43. The summed E-state index contributed by atoms with van der Waals surface area (Å²) >= 11 is 0. The molecule has 1 unspecified atom stereocenters. The summed E-state index contributed by atoms with van der Waals surface area (Å²) in [5.41, 5.74) is 5.24. The van der Waals surface area contributed by atoms with Gasteiger partial charge >= 0.3 is 0 Å². The van der Waals surface area contributed by atoms with Gasteiger partial charge in [0.25, 0.3) is 0 Å². The third kappa shape index (κ3) is 1.51. The molecule has 0 bridgehead atoms. The second-order valence-electron chi connectivity index (χ2n) is 2.74. The van der Waals surface area contributed by atoms with E-state index < -0.39 is 30.7 Å². The number of aliphatic hydroxyl groups is 2. The van der Waals surface area contributed by atoms with E-state index in [-0.39, 0.29) is 0 Å². The molecule has 0 spiro atoms. The van der Waals surface area contributed by atoms with E-state index in [1.165, 1.54) is 6.92 Å². The monoisotopic (exact) mass is 165 g/mol. The van der Waals surface area contributed by atoms with Crippen molar-refractivity contribution in [2.45, 2.75) is 37.6 Å². The van der Waals surface area contributed by atoms with Gasteiger partial charge in [0.1, 0.15) is 0 Å². The maximum absolute atomic E-state index is 12.7. The van der Waals surface area contributed by atoms with Gasteiger partial charge in [0.15, 0.2) is 12.5 Å². The van der Waals surface area contributed by atoms with Crippen LogP contribution in [0.15, 0.2) is 0 Å². The van der Waals surface area contributed by atoms with Gasteiger partial charge in [0.2, 0.25) is 0 Å². The molecule has 0 amide bonds. The number of aliphatic hydroxyl groups excluding tert-OH is 2. The number of halogens is 1. The predicted molar refractivity (Wildman–Crippen MR) is 35.4 cm³/mol. The van der Waals surface area contributed by atoms with E-state index >= 15 is 0 Å². The standard InChI is InChI=1S/C6H12FNO3/c1-2-5(9)4(8)3(7)6(10)11-2/h2-6,9-10H,8H2,1H3/t2-,3+,4-,5+,6?/m0/s1. The van der Waals surface area contributed by atoms with Crippen molar-refractivity contribution in [3.05, 3.63) is 0 Å². The molecule has 0 aromatic carbocycles. The van der Waals surface area contributed by atoms with Crippen LogP contribution in [0.3, 0.4) is 0 Å². The lowest BCUT2D eigenvalue weighted by Gasteiger charge is -2.36. The van der Waals surface area contributed by atoms with Gasteiger partial charge in [-0.15, -0.1) is 0 Å².